The molecule has 0 aromatic heterocycles. The zero-order valence-corrected chi connectivity index (χ0v) is 23.3. The number of hydrogen-bond acceptors (Lipinski definition) is 4. The standard InChI is InChI=1S/C30H55NO3/c1-20(2)9-8-10-21(3)24-11-12-25-23-18-29(33,19-31(6)7)30(34)17-22(32)13-16-28(30,5)26(23)14-15-27(24,25)4/h20-26,32-34H,8-19H2,1-7H3/t21-,22+,23+,24-,25+,26+,27-,28-,29+,30-/m1/s1. The molecule has 198 valence electrons. The summed E-state index contributed by atoms with van der Waals surface area (Å²) in [5, 5.41) is 35.1. The quantitative estimate of drug-likeness (QED) is 0.454. The molecule has 3 N–H and O–H groups in total. The second-order valence-corrected chi connectivity index (χ2v) is 14.6. The van der Waals surface area contributed by atoms with Crippen LogP contribution in [-0.4, -0.2) is 58.2 Å². The van der Waals surface area contributed by atoms with E-state index >= 15 is 0 Å². The van der Waals surface area contributed by atoms with E-state index in [1.165, 1.54) is 44.9 Å². The van der Waals surface area contributed by atoms with Crippen molar-refractivity contribution in [2.45, 2.75) is 123 Å². The maximum Gasteiger partial charge on any atom is 0.107 e. The maximum atomic E-state index is 12.3. The summed E-state index contributed by atoms with van der Waals surface area (Å²) in [6.07, 6.45) is 11.1. The van der Waals surface area contributed by atoms with Crippen LogP contribution in [-0.2, 0) is 0 Å². The van der Waals surface area contributed by atoms with Gasteiger partial charge in [-0.15, -0.1) is 0 Å². The minimum Gasteiger partial charge on any atom is -0.393 e. The summed E-state index contributed by atoms with van der Waals surface area (Å²) < 4.78 is 0. The van der Waals surface area contributed by atoms with Crippen molar-refractivity contribution >= 4 is 0 Å². The Balaban J connectivity index is 1.63. The zero-order chi connectivity index (χ0) is 25.1. The third kappa shape index (κ3) is 4.11. The molecule has 0 bridgehead atoms. The van der Waals surface area contributed by atoms with Gasteiger partial charge in [-0.2, -0.15) is 0 Å². The number of aliphatic hydroxyl groups is 3. The lowest BCUT2D eigenvalue weighted by Crippen LogP contribution is -2.76. The Morgan fingerprint density at radius 1 is 0.882 bits per heavy atom. The number of aliphatic hydroxyl groups excluding tert-OH is 1. The molecule has 0 aromatic carbocycles. The van der Waals surface area contributed by atoms with Crippen LogP contribution in [0.3, 0.4) is 0 Å². The monoisotopic (exact) mass is 477 g/mol. The molecule has 4 saturated carbocycles. The lowest BCUT2D eigenvalue weighted by Gasteiger charge is -2.69. The highest BCUT2D eigenvalue weighted by Crippen LogP contribution is 2.70. The van der Waals surface area contributed by atoms with E-state index in [0.717, 1.165) is 30.6 Å². The fraction of sp³-hybridized carbons (Fsp3) is 1.00. The molecule has 0 aromatic rings. The van der Waals surface area contributed by atoms with E-state index in [9.17, 15) is 15.3 Å². The molecular weight excluding hydrogens is 422 g/mol. The Morgan fingerprint density at radius 3 is 2.24 bits per heavy atom. The Labute approximate surface area is 209 Å². The van der Waals surface area contributed by atoms with Gasteiger partial charge in [0, 0.05) is 18.4 Å². The van der Waals surface area contributed by atoms with Crippen LogP contribution >= 0.6 is 0 Å². The summed E-state index contributed by atoms with van der Waals surface area (Å²) in [6, 6.07) is 0. The molecule has 0 spiro atoms. The molecule has 4 heteroatoms. The predicted molar refractivity (Wildman–Crippen MR) is 139 cm³/mol. The molecule has 0 radical (unpaired) electrons. The third-order valence-electron chi connectivity index (χ3n) is 11.9. The molecule has 4 nitrogen and oxygen atoms in total. The molecule has 4 aliphatic carbocycles. The summed E-state index contributed by atoms with van der Waals surface area (Å²) in [6.45, 7) is 12.5. The lowest BCUT2D eigenvalue weighted by molar-refractivity contribution is -0.308. The van der Waals surface area contributed by atoms with E-state index in [4.69, 9.17) is 0 Å². The van der Waals surface area contributed by atoms with Crippen LogP contribution in [0, 0.1) is 46.3 Å². The van der Waals surface area contributed by atoms with Crippen LogP contribution in [0.25, 0.3) is 0 Å². The van der Waals surface area contributed by atoms with E-state index < -0.39 is 17.3 Å². The van der Waals surface area contributed by atoms with Crippen LogP contribution in [0.4, 0.5) is 0 Å². The van der Waals surface area contributed by atoms with Crippen molar-refractivity contribution in [3.8, 4) is 0 Å². The second kappa shape index (κ2) is 9.30. The largest absolute Gasteiger partial charge is 0.393 e. The summed E-state index contributed by atoms with van der Waals surface area (Å²) >= 11 is 0. The Bertz CT molecular complexity index is 726. The first-order chi connectivity index (χ1) is 15.8. The van der Waals surface area contributed by atoms with Gasteiger partial charge in [0.1, 0.15) is 11.2 Å². The molecule has 4 aliphatic rings. The SMILES string of the molecule is CC(C)CCC[C@@H](C)[C@H]1CC[C@H]2[C@@H]3C[C@](O)(CN(C)C)[C@@]4(O)C[C@@H](O)CC[C@]4(C)[C@H]3CC[C@]12C. The minimum absolute atomic E-state index is 0.314. The van der Waals surface area contributed by atoms with Gasteiger partial charge in [-0.05, 0) is 100.0 Å². The lowest BCUT2D eigenvalue weighted by atomic mass is 9.39. The molecule has 34 heavy (non-hydrogen) atoms. The molecule has 0 aliphatic heterocycles. The van der Waals surface area contributed by atoms with E-state index in [0.29, 0.717) is 42.6 Å². The second-order valence-electron chi connectivity index (χ2n) is 14.6. The van der Waals surface area contributed by atoms with Crippen molar-refractivity contribution < 1.29 is 15.3 Å². The summed E-state index contributed by atoms with van der Waals surface area (Å²) in [5.74, 6) is 3.91. The normalized spacial score (nSPS) is 49.6. The van der Waals surface area contributed by atoms with Crippen molar-refractivity contribution in [3.63, 3.8) is 0 Å². The fourth-order valence-corrected chi connectivity index (χ4v) is 10.2. The number of rotatable bonds is 7. The number of fused-ring (bicyclic) bond motifs is 5. The number of hydrogen-bond donors (Lipinski definition) is 3. The van der Waals surface area contributed by atoms with Gasteiger partial charge in [-0.3, -0.25) is 0 Å². The first kappa shape index (κ1) is 26.9. The molecule has 0 saturated heterocycles. The topological polar surface area (TPSA) is 63.9 Å². The molecular formula is C30H55NO3. The van der Waals surface area contributed by atoms with Crippen molar-refractivity contribution in [2.75, 3.05) is 20.6 Å². The molecule has 0 amide bonds. The smallest absolute Gasteiger partial charge is 0.107 e. The van der Waals surface area contributed by atoms with Crippen molar-refractivity contribution in [1.82, 2.24) is 4.90 Å². The van der Waals surface area contributed by atoms with Crippen LogP contribution in [0.2, 0.25) is 0 Å². The van der Waals surface area contributed by atoms with Gasteiger partial charge in [-0.25, -0.2) is 0 Å². The summed E-state index contributed by atoms with van der Waals surface area (Å²) in [7, 11) is 4.00. The van der Waals surface area contributed by atoms with Gasteiger partial charge >= 0.3 is 0 Å². The highest BCUT2D eigenvalue weighted by atomic mass is 16.4. The summed E-state index contributed by atoms with van der Waals surface area (Å²) in [4.78, 5) is 2.04. The molecule has 10 atom stereocenters. The average molecular weight is 478 g/mol. The average Bonchev–Trinajstić information content (AvgIpc) is 3.07. The Hall–Kier alpha value is -0.160. The van der Waals surface area contributed by atoms with Crippen molar-refractivity contribution in [2.24, 2.45) is 46.3 Å². The van der Waals surface area contributed by atoms with Crippen molar-refractivity contribution in [1.29, 1.82) is 0 Å². The highest BCUT2D eigenvalue weighted by Gasteiger charge is 2.72. The Morgan fingerprint density at radius 2 is 1.59 bits per heavy atom. The predicted octanol–water partition coefficient (Wildman–Crippen LogP) is 5.49. The molecule has 4 rings (SSSR count). The minimum atomic E-state index is -1.22. The maximum absolute atomic E-state index is 12.3. The van der Waals surface area contributed by atoms with Gasteiger partial charge in [0.15, 0.2) is 0 Å². The van der Waals surface area contributed by atoms with Crippen LogP contribution < -0.4 is 0 Å². The Kier molecular flexibility index (Phi) is 7.35. The molecule has 0 unspecified atom stereocenters. The van der Waals surface area contributed by atoms with Crippen molar-refractivity contribution in [3.05, 3.63) is 0 Å². The van der Waals surface area contributed by atoms with E-state index in [1.54, 1.807) is 0 Å². The van der Waals surface area contributed by atoms with Gasteiger partial charge in [0.2, 0.25) is 0 Å². The van der Waals surface area contributed by atoms with Gasteiger partial charge < -0.3 is 20.2 Å². The first-order valence-corrected chi connectivity index (χ1v) is 14.5. The van der Waals surface area contributed by atoms with E-state index in [2.05, 4.69) is 34.6 Å². The summed E-state index contributed by atoms with van der Waals surface area (Å²) in [5.41, 5.74) is -2.37. The van der Waals surface area contributed by atoms with Crippen LogP contribution in [0.5, 0.6) is 0 Å². The molecule has 0 heterocycles. The fourth-order valence-electron chi connectivity index (χ4n) is 10.2. The number of likely N-dealkylation sites (N-methyl/N-ethyl adjacent to an activating group) is 1. The van der Waals surface area contributed by atoms with Gasteiger partial charge in [0.05, 0.1) is 6.10 Å². The van der Waals surface area contributed by atoms with Crippen LogP contribution in [0.15, 0.2) is 0 Å². The van der Waals surface area contributed by atoms with Gasteiger partial charge in [0.25, 0.3) is 0 Å². The van der Waals surface area contributed by atoms with E-state index in [-0.39, 0.29) is 5.41 Å². The molecule has 4 fully saturated rings. The highest BCUT2D eigenvalue weighted by molar-refractivity contribution is 5.22. The third-order valence-corrected chi connectivity index (χ3v) is 11.9. The first-order valence-electron chi connectivity index (χ1n) is 14.5. The zero-order valence-electron chi connectivity index (χ0n) is 23.3. The van der Waals surface area contributed by atoms with E-state index in [1.807, 2.05) is 19.0 Å². The van der Waals surface area contributed by atoms with Crippen LogP contribution in [0.1, 0.15) is 105 Å². The number of nitrogens with zero attached hydrogens (tertiary/aromatic N) is 1. The van der Waals surface area contributed by atoms with Gasteiger partial charge in [-0.1, -0.05) is 53.9 Å².